The van der Waals surface area contributed by atoms with E-state index in [0.29, 0.717) is 0 Å². The highest BCUT2D eigenvalue weighted by Gasteiger charge is 2.60. The molecule has 0 aromatic carbocycles. The minimum Gasteiger partial charge on any atom is -0.370 e. The van der Waals surface area contributed by atoms with Crippen LogP contribution in [-0.2, 0) is 0 Å². The van der Waals surface area contributed by atoms with E-state index in [1.165, 1.54) is 25.7 Å². The molecule has 0 radical (unpaired) electrons. The molecule has 3 rings (SSSR count). The summed E-state index contributed by atoms with van der Waals surface area (Å²) in [4.78, 5) is 14.3. The molecule has 2 atom stereocenters. The Balaban J connectivity index is 1.99. The quantitative estimate of drug-likeness (QED) is 0.776. The summed E-state index contributed by atoms with van der Waals surface area (Å²) in [5.74, 6) is 0.198. The zero-order valence-electron chi connectivity index (χ0n) is 12.8. The van der Waals surface area contributed by atoms with Crippen molar-refractivity contribution in [1.29, 1.82) is 0 Å². The molecule has 1 heterocycles. The van der Waals surface area contributed by atoms with Gasteiger partial charge in [0.2, 0.25) is 0 Å². The van der Waals surface area contributed by atoms with Crippen molar-refractivity contribution >= 4 is 6.03 Å². The fourth-order valence-electron chi connectivity index (χ4n) is 5.02. The molecule has 2 N–H and O–H groups in total. The van der Waals surface area contributed by atoms with E-state index in [0.717, 1.165) is 32.1 Å². The molecule has 1 aliphatic heterocycles. The molecule has 0 bridgehead atoms. The van der Waals surface area contributed by atoms with Gasteiger partial charge in [0.05, 0.1) is 0 Å². The van der Waals surface area contributed by atoms with Crippen LogP contribution in [0.3, 0.4) is 0 Å². The third kappa shape index (κ3) is 1.95. The van der Waals surface area contributed by atoms with Gasteiger partial charge in [-0.25, -0.2) is 4.79 Å². The van der Waals surface area contributed by atoms with Crippen LogP contribution >= 0.6 is 0 Å². The number of carbonyl (C=O) groups is 1. The van der Waals surface area contributed by atoms with Crippen LogP contribution < -0.4 is 5.32 Å². The lowest BCUT2D eigenvalue weighted by Gasteiger charge is -2.61. The Kier molecular flexibility index (Phi) is 3.47. The molecule has 2 amide bonds. The molecule has 4 nitrogen and oxygen atoms in total. The number of hydrogen-bond donors (Lipinski definition) is 2. The van der Waals surface area contributed by atoms with E-state index in [9.17, 15) is 9.90 Å². The molecule has 2 saturated carbocycles. The van der Waals surface area contributed by atoms with Crippen LogP contribution in [0.4, 0.5) is 4.79 Å². The van der Waals surface area contributed by atoms with Gasteiger partial charge in [0, 0.05) is 17.5 Å². The fraction of sp³-hybridized carbons (Fsp3) is 0.938. The van der Waals surface area contributed by atoms with E-state index in [1.54, 1.807) is 4.90 Å². The Labute approximate surface area is 121 Å². The van der Waals surface area contributed by atoms with Gasteiger partial charge in [-0.15, -0.1) is 0 Å². The predicted molar refractivity (Wildman–Crippen MR) is 78.2 cm³/mol. The summed E-state index contributed by atoms with van der Waals surface area (Å²) >= 11 is 0. The van der Waals surface area contributed by atoms with Crippen molar-refractivity contribution < 1.29 is 9.90 Å². The van der Waals surface area contributed by atoms with Crippen molar-refractivity contribution in [3.8, 4) is 0 Å². The Hall–Kier alpha value is -0.770. The number of carbonyl (C=O) groups excluding carboxylic acids is 1. The molecule has 3 fully saturated rings. The topological polar surface area (TPSA) is 52.6 Å². The molecule has 2 aliphatic carbocycles. The highest BCUT2D eigenvalue weighted by atomic mass is 16.3. The molecular weight excluding hydrogens is 252 g/mol. The number of nitrogens with zero attached hydrogens (tertiary/aromatic N) is 1. The second-order valence-electron chi connectivity index (χ2n) is 7.29. The van der Waals surface area contributed by atoms with E-state index < -0.39 is 5.72 Å². The molecule has 0 aromatic rings. The van der Waals surface area contributed by atoms with Gasteiger partial charge in [-0.1, -0.05) is 25.7 Å². The average Bonchev–Trinajstić information content (AvgIpc) is 2.38. The minimum atomic E-state index is -0.925. The Morgan fingerprint density at radius 2 is 1.80 bits per heavy atom. The van der Waals surface area contributed by atoms with Gasteiger partial charge in [0.1, 0.15) is 5.72 Å². The molecule has 1 saturated heterocycles. The maximum absolute atomic E-state index is 12.6. The number of nitrogens with one attached hydrogen (secondary N) is 1. The van der Waals surface area contributed by atoms with Crippen molar-refractivity contribution in [3.63, 3.8) is 0 Å². The molecule has 3 aliphatic rings. The zero-order chi connectivity index (χ0) is 14.4. The summed E-state index contributed by atoms with van der Waals surface area (Å²) < 4.78 is 0. The summed E-state index contributed by atoms with van der Waals surface area (Å²) in [6.45, 7) is 4.00. The Morgan fingerprint density at radius 1 is 1.15 bits per heavy atom. The van der Waals surface area contributed by atoms with Gasteiger partial charge in [0.25, 0.3) is 0 Å². The SMILES string of the molecule is CC(C)N1C(=O)NC2(CCCCC2)C2CCCCC21O. The Morgan fingerprint density at radius 3 is 2.45 bits per heavy atom. The lowest BCUT2D eigenvalue weighted by Crippen LogP contribution is -2.76. The van der Waals surface area contributed by atoms with E-state index in [-0.39, 0.29) is 23.5 Å². The largest absolute Gasteiger partial charge is 0.370 e. The van der Waals surface area contributed by atoms with Gasteiger partial charge in [-0.2, -0.15) is 0 Å². The van der Waals surface area contributed by atoms with E-state index in [4.69, 9.17) is 0 Å². The molecule has 114 valence electrons. The van der Waals surface area contributed by atoms with Gasteiger partial charge in [-0.05, 0) is 46.0 Å². The summed E-state index contributed by atoms with van der Waals surface area (Å²) in [7, 11) is 0. The third-order valence-corrected chi connectivity index (χ3v) is 5.77. The molecular formula is C16H28N2O2. The van der Waals surface area contributed by atoms with Crippen LogP contribution in [0.15, 0.2) is 0 Å². The van der Waals surface area contributed by atoms with Crippen molar-refractivity contribution in [2.75, 3.05) is 0 Å². The maximum Gasteiger partial charge on any atom is 0.320 e. The lowest BCUT2D eigenvalue weighted by molar-refractivity contribution is -0.199. The first-order valence-electron chi connectivity index (χ1n) is 8.33. The van der Waals surface area contributed by atoms with E-state index >= 15 is 0 Å². The van der Waals surface area contributed by atoms with Crippen molar-refractivity contribution in [1.82, 2.24) is 10.2 Å². The van der Waals surface area contributed by atoms with Crippen LogP contribution in [0.5, 0.6) is 0 Å². The summed E-state index contributed by atoms with van der Waals surface area (Å²) in [6.07, 6.45) is 9.68. The molecule has 1 spiro atoms. The summed E-state index contributed by atoms with van der Waals surface area (Å²) in [6, 6.07) is -0.0101. The number of rotatable bonds is 1. The average molecular weight is 280 g/mol. The van der Waals surface area contributed by atoms with E-state index in [1.807, 2.05) is 13.8 Å². The molecule has 2 unspecified atom stereocenters. The fourth-order valence-corrected chi connectivity index (χ4v) is 5.02. The van der Waals surface area contributed by atoms with Crippen LogP contribution in [0.25, 0.3) is 0 Å². The smallest absolute Gasteiger partial charge is 0.320 e. The number of aliphatic hydroxyl groups is 1. The first kappa shape index (κ1) is 14.2. The standard InChI is InChI=1S/C16H28N2O2/c1-12(2)18-14(19)17-15(9-5-3-6-10-15)13-8-4-7-11-16(13,18)20/h12-13,20H,3-11H2,1-2H3,(H,17,19). The maximum atomic E-state index is 12.6. The number of urea groups is 1. The van der Waals surface area contributed by atoms with Crippen molar-refractivity contribution in [3.05, 3.63) is 0 Å². The van der Waals surface area contributed by atoms with Crippen LogP contribution in [0.1, 0.15) is 71.6 Å². The van der Waals surface area contributed by atoms with Crippen molar-refractivity contribution in [2.24, 2.45) is 5.92 Å². The molecule has 0 aromatic heterocycles. The van der Waals surface area contributed by atoms with Gasteiger partial charge < -0.3 is 10.4 Å². The molecule has 4 heteroatoms. The number of hydrogen-bond acceptors (Lipinski definition) is 2. The zero-order valence-corrected chi connectivity index (χ0v) is 12.8. The van der Waals surface area contributed by atoms with Crippen LogP contribution in [0.2, 0.25) is 0 Å². The van der Waals surface area contributed by atoms with Gasteiger partial charge in [-0.3, -0.25) is 4.90 Å². The monoisotopic (exact) mass is 280 g/mol. The lowest BCUT2D eigenvalue weighted by atomic mass is 9.62. The first-order chi connectivity index (χ1) is 9.50. The molecule has 20 heavy (non-hydrogen) atoms. The second-order valence-corrected chi connectivity index (χ2v) is 7.29. The van der Waals surface area contributed by atoms with E-state index in [2.05, 4.69) is 5.32 Å². The highest BCUT2D eigenvalue weighted by molar-refractivity contribution is 5.77. The normalized spacial score (nSPS) is 36.9. The van der Waals surface area contributed by atoms with Crippen molar-refractivity contribution in [2.45, 2.75) is 88.9 Å². The van der Waals surface area contributed by atoms with Crippen LogP contribution in [-0.4, -0.2) is 33.3 Å². The second kappa shape index (κ2) is 4.90. The van der Waals surface area contributed by atoms with Crippen LogP contribution in [0, 0.1) is 5.92 Å². The first-order valence-corrected chi connectivity index (χ1v) is 8.33. The number of fused-ring (bicyclic) bond motifs is 2. The predicted octanol–water partition coefficient (Wildman–Crippen LogP) is 3.00. The summed E-state index contributed by atoms with van der Waals surface area (Å²) in [5, 5.41) is 14.7. The Bertz CT molecular complexity index is 390. The van der Waals surface area contributed by atoms with Gasteiger partial charge >= 0.3 is 6.03 Å². The summed E-state index contributed by atoms with van der Waals surface area (Å²) in [5.41, 5.74) is -1.07. The van der Waals surface area contributed by atoms with Gasteiger partial charge in [0.15, 0.2) is 0 Å². The third-order valence-electron chi connectivity index (χ3n) is 5.77. The minimum absolute atomic E-state index is 0.0431. The number of amides is 2. The highest BCUT2D eigenvalue weighted by Crippen LogP contribution is 2.50.